The minimum absolute atomic E-state index is 0.0113. The van der Waals surface area contributed by atoms with Gasteiger partial charge in [-0.1, -0.05) is 6.58 Å². The molecule has 1 aliphatic heterocycles. The highest BCUT2D eigenvalue weighted by Crippen LogP contribution is 2.26. The molecule has 32 heavy (non-hydrogen) atoms. The van der Waals surface area contributed by atoms with Gasteiger partial charge in [0.2, 0.25) is 11.9 Å². The molecule has 8 nitrogen and oxygen atoms in total. The molecule has 1 fully saturated rings. The molecular weight excluding hydrogens is 402 g/mol. The average molecular weight is 423 g/mol. The first-order chi connectivity index (χ1) is 15.7. The summed E-state index contributed by atoms with van der Waals surface area (Å²) in [6.07, 6.45) is 12.4. The van der Waals surface area contributed by atoms with E-state index >= 15 is 0 Å². The topological polar surface area (TPSA) is 92.6 Å². The molecular formula is C24H21N7O. The standard InChI is InChI=1S/C24H21N7O/c1-2-23(32)29-8-6-21(7-9-29)31-16-20(15-28-31)19-13-26-24(27-14-19)30-10-5-18-11-17(12-25)3-4-22(18)30/h2-5,10-11,13-16,21H,1,6-9H2. The third-order valence-electron chi connectivity index (χ3n) is 5.93. The third kappa shape index (κ3) is 3.54. The molecule has 0 N–H and O–H groups in total. The maximum Gasteiger partial charge on any atom is 0.245 e. The van der Waals surface area contributed by atoms with Crippen LogP contribution in [0.5, 0.6) is 0 Å². The van der Waals surface area contributed by atoms with E-state index < -0.39 is 0 Å². The molecule has 3 aromatic heterocycles. The van der Waals surface area contributed by atoms with Crippen LogP contribution in [0.4, 0.5) is 0 Å². The van der Waals surface area contributed by atoms with E-state index in [1.165, 1.54) is 6.08 Å². The van der Waals surface area contributed by atoms with Crippen LogP contribution in [-0.2, 0) is 4.79 Å². The second kappa shape index (κ2) is 8.12. The van der Waals surface area contributed by atoms with Crippen LogP contribution in [0.25, 0.3) is 28.0 Å². The van der Waals surface area contributed by atoms with Crippen LogP contribution >= 0.6 is 0 Å². The number of carbonyl (C=O) groups excluding carboxylic acids is 1. The van der Waals surface area contributed by atoms with E-state index in [9.17, 15) is 4.79 Å². The lowest BCUT2D eigenvalue weighted by Crippen LogP contribution is -2.38. The number of fused-ring (bicyclic) bond motifs is 1. The first-order valence-corrected chi connectivity index (χ1v) is 10.5. The smallest absolute Gasteiger partial charge is 0.245 e. The van der Waals surface area contributed by atoms with Crippen LogP contribution in [0.2, 0.25) is 0 Å². The Bertz CT molecular complexity index is 1330. The number of piperidine rings is 1. The number of hydrogen-bond acceptors (Lipinski definition) is 5. The predicted molar refractivity (Wildman–Crippen MR) is 120 cm³/mol. The summed E-state index contributed by atoms with van der Waals surface area (Å²) >= 11 is 0. The zero-order chi connectivity index (χ0) is 22.1. The molecule has 1 saturated heterocycles. The van der Waals surface area contributed by atoms with Gasteiger partial charge in [-0.2, -0.15) is 10.4 Å². The number of hydrogen-bond donors (Lipinski definition) is 0. The summed E-state index contributed by atoms with van der Waals surface area (Å²) in [5.41, 5.74) is 3.42. The van der Waals surface area contributed by atoms with Crippen molar-refractivity contribution in [3.05, 3.63) is 73.5 Å². The molecule has 0 bridgehead atoms. The minimum atomic E-state index is -0.0113. The molecule has 0 unspecified atom stereocenters. The van der Waals surface area contributed by atoms with Crippen molar-refractivity contribution in [1.29, 1.82) is 5.26 Å². The number of carbonyl (C=O) groups is 1. The summed E-state index contributed by atoms with van der Waals surface area (Å²) in [5.74, 6) is 0.558. The summed E-state index contributed by atoms with van der Waals surface area (Å²) < 4.78 is 3.88. The third-order valence-corrected chi connectivity index (χ3v) is 5.93. The second-order valence-corrected chi connectivity index (χ2v) is 7.81. The van der Waals surface area contributed by atoms with Crippen LogP contribution < -0.4 is 0 Å². The fourth-order valence-corrected chi connectivity index (χ4v) is 4.15. The van der Waals surface area contributed by atoms with Gasteiger partial charge in [-0.05, 0) is 43.2 Å². The largest absolute Gasteiger partial charge is 0.339 e. The number of likely N-dealkylation sites (tertiary alicyclic amines) is 1. The maximum atomic E-state index is 11.8. The SMILES string of the molecule is C=CC(=O)N1CCC(n2cc(-c3cnc(-n4ccc5cc(C#N)ccc54)nc3)cn2)CC1. The van der Waals surface area contributed by atoms with Gasteiger partial charge in [0.1, 0.15) is 0 Å². The summed E-state index contributed by atoms with van der Waals surface area (Å²) in [6, 6.07) is 9.93. The number of aromatic nitrogens is 5. The molecule has 0 aliphatic carbocycles. The Kier molecular flexibility index (Phi) is 5.00. The van der Waals surface area contributed by atoms with Gasteiger partial charge in [0.25, 0.3) is 0 Å². The van der Waals surface area contributed by atoms with E-state index in [4.69, 9.17) is 5.26 Å². The van der Waals surface area contributed by atoms with Crippen molar-refractivity contribution in [3.63, 3.8) is 0 Å². The number of nitriles is 1. The molecule has 0 spiro atoms. The van der Waals surface area contributed by atoms with Gasteiger partial charge < -0.3 is 4.90 Å². The lowest BCUT2D eigenvalue weighted by molar-refractivity contribution is -0.127. The highest BCUT2D eigenvalue weighted by molar-refractivity contribution is 5.87. The first kappa shape index (κ1) is 19.7. The van der Waals surface area contributed by atoms with Crippen molar-refractivity contribution in [2.24, 2.45) is 0 Å². The van der Waals surface area contributed by atoms with Crippen molar-refractivity contribution in [2.45, 2.75) is 18.9 Å². The van der Waals surface area contributed by atoms with Crippen molar-refractivity contribution < 1.29 is 4.79 Å². The Balaban J connectivity index is 1.32. The molecule has 1 aromatic carbocycles. The van der Waals surface area contributed by atoms with Gasteiger partial charge in [-0.3, -0.25) is 14.0 Å². The Labute approximate surface area is 185 Å². The van der Waals surface area contributed by atoms with E-state index in [0.717, 1.165) is 34.9 Å². The van der Waals surface area contributed by atoms with Crippen molar-refractivity contribution in [2.75, 3.05) is 13.1 Å². The summed E-state index contributed by atoms with van der Waals surface area (Å²) in [4.78, 5) is 22.7. The molecule has 1 amide bonds. The second-order valence-electron chi connectivity index (χ2n) is 7.81. The molecule has 4 heterocycles. The molecule has 0 atom stereocenters. The van der Waals surface area contributed by atoms with Gasteiger partial charge in [0.15, 0.2) is 0 Å². The molecule has 8 heteroatoms. The lowest BCUT2D eigenvalue weighted by atomic mass is 10.1. The molecule has 5 rings (SSSR count). The molecule has 0 radical (unpaired) electrons. The van der Waals surface area contributed by atoms with Crippen LogP contribution in [-0.4, -0.2) is 48.2 Å². The van der Waals surface area contributed by atoms with Crippen molar-refractivity contribution in [3.8, 4) is 23.1 Å². The number of nitrogens with zero attached hydrogens (tertiary/aromatic N) is 7. The van der Waals surface area contributed by atoms with Crippen LogP contribution in [0, 0.1) is 11.3 Å². The van der Waals surface area contributed by atoms with E-state index in [0.29, 0.717) is 24.6 Å². The molecule has 0 saturated carbocycles. The molecule has 1 aliphatic rings. The van der Waals surface area contributed by atoms with Crippen LogP contribution in [0.15, 0.2) is 67.9 Å². The summed E-state index contributed by atoms with van der Waals surface area (Å²) in [6.45, 7) is 4.98. The van der Waals surface area contributed by atoms with E-state index in [1.807, 2.05) is 50.9 Å². The highest BCUT2D eigenvalue weighted by Gasteiger charge is 2.23. The van der Waals surface area contributed by atoms with Gasteiger partial charge in [0.05, 0.1) is 29.4 Å². The first-order valence-electron chi connectivity index (χ1n) is 10.5. The predicted octanol–water partition coefficient (Wildman–Crippen LogP) is 3.51. The number of amides is 1. The highest BCUT2D eigenvalue weighted by atomic mass is 16.2. The van der Waals surface area contributed by atoms with Gasteiger partial charge in [-0.15, -0.1) is 0 Å². The summed E-state index contributed by atoms with van der Waals surface area (Å²) in [7, 11) is 0. The Hall–Kier alpha value is -4.25. The Morgan fingerprint density at radius 3 is 2.62 bits per heavy atom. The monoisotopic (exact) mass is 423 g/mol. The van der Waals surface area contributed by atoms with Gasteiger partial charge in [-0.25, -0.2) is 9.97 Å². The quantitative estimate of drug-likeness (QED) is 0.469. The van der Waals surface area contributed by atoms with E-state index in [-0.39, 0.29) is 11.9 Å². The minimum Gasteiger partial charge on any atom is -0.339 e. The Morgan fingerprint density at radius 2 is 1.91 bits per heavy atom. The van der Waals surface area contributed by atoms with Gasteiger partial charge in [0, 0.05) is 54.4 Å². The van der Waals surface area contributed by atoms with Crippen LogP contribution in [0.1, 0.15) is 24.4 Å². The zero-order valence-corrected chi connectivity index (χ0v) is 17.4. The molecule has 158 valence electrons. The van der Waals surface area contributed by atoms with E-state index in [2.05, 4.69) is 27.7 Å². The zero-order valence-electron chi connectivity index (χ0n) is 17.4. The van der Waals surface area contributed by atoms with Gasteiger partial charge >= 0.3 is 0 Å². The fourth-order valence-electron chi connectivity index (χ4n) is 4.15. The summed E-state index contributed by atoms with van der Waals surface area (Å²) in [5, 5.41) is 14.6. The van der Waals surface area contributed by atoms with Crippen molar-refractivity contribution >= 4 is 16.8 Å². The number of rotatable bonds is 4. The van der Waals surface area contributed by atoms with Crippen LogP contribution in [0.3, 0.4) is 0 Å². The Morgan fingerprint density at radius 1 is 1.12 bits per heavy atom. The van der Waals surface area contributed by atoms with Crippen molar-refractivity contribution in [1.82, 2.24) is 29.2 Å². The van der Waals surface area contributed by atoms with E-state index in [1.54, 1.807) is 18.5 Å². The average Bonchev–Trinajstić information content (AvgIpc) is 3.51. The maximum absolute atomic E-state index is 11.8. The molecule has 4 aromatic rings. The normalized spacial score (nSPS) is 14.4. The fraction of sp³-hybridized carbons (Fsp3) is 0.208. The lowest BCUT2D eigenvalue weighted by Gasteiger charge is -2.31. The number of benzene rings is 1.